The van der Waals surface area contributed by atoms with Crippen molar-refractivity contribution >= 4 is 35.1 Å². The molecule has 148 valence electrons. The molecule has 28 heavy (non-hydrogen) atoms. The molecule has 0 bridgehead atoms. The first-order chi connectivity index (χ1) is 13.2. The number of hydrogen-bond acceptors (Lipinski definition) is 4. The maximum atomic E-state index is 12.3. The zero-order valence-electron chi connectivity index (χ0n) is 16.3. The molecule has 0 aliphatic carbocycles. The first kappa shape index (κ1) is 21.4. The Hall–Kier alpha value is -2.86. The minimum absolute atomic E-state index is 0.346. The van der Waals surface area contributed by atoms with E-state index in [9.17, 15) is 14.4 Å². The van der Waals surface area contributed by atoms with Crippen molar-refractivity contribution in [2.45, 2.75) is 33.8 Å². The summed E-state index contributed by atoms with van der Waals surface area (Å²) in [5.74, 6) is -1.58. The third-order valence-electron chi connectivity index (χ3n) is 4.10. The van der Waals surface area contributed by atoms with E-state index in [0.717, 1.165) is 16.7 Å². The predicted molar refractivity (Wildman–Crippen MR) is 109 cm³/mol. The summed E-state index contributed by atoms with van der Waals surface area (Å²) in [4.78, 5) is 36.3. The average Bonchev–Trinajstić information content (AvgIpc) is 2.63. The number of amides is 2. The Morgan fingerprint density at radius 3 is 2.18 bits per heavy atom. The van der Waals surface area contributed by atoms with Crippen LogP contribution < -0.4 is 10.6 Å². The number of carbonyl (C=O) groups excluding carboxylic acids is 3. The largest absolute Gasteiger partial charge is 0.451 e. The van der Waals surface area contributed by atoms with Gasteiger partial charge < -0.3 is 15.4 Å². The number of esters is 1. The molecule has 2 amide bonds. The van der Waals surface area contributed by atoms with E-state index in [1.54, 1.807) is 24.3 Å². The summed E-state index contributed by atoms with van der Waals surface area (Å²) >= 11 is 5.77. The maximum Gasteiger partial charge on any atom is 0.326 e. The van der Waals surface area contributed by atoms with E-state index >= 15 is 0 Å². The van der Waals surface area contributed by atoms with Gasteiger partial charge in [-0.25, -0.2) is 0 Å². The Balaban J connectivity index is 1.87. The van der Waals surface area contributed by atoms with Crippen molar-refractivity contribution in [1.29, 1.82) is 0 Å². The van der Waals surface area contributed by atoms with E-state index < -0.39 is 23.9 Å². The standard InChI is InChI=1S/C21H23ClN2O4/c1-12-9-13(2)19(14(3)10-12)24-20(26)15(4)28-18(25)11-23-21(27)16-5-7-17(22)8-6-16/h5-10,15H,11H2,1-4H3,(H,23,27)(H,24,26)/t15-/m1/s1. The van der Waals surface area contributed by atoms with Crippen LogP contribution in [-0.4, -0.2) is 30.4 Å². The van der Waals surface area contributed by atoms with Gasteiger partial charge in [0.25, 0.3) is 11.8 Å². The number of rotatable bonds is 6. The van der Waals surface area contributed by atoms with E-state index in [4.69, 9.17) is 16.3 Å². The maximum absolute atomic E-state index is 12.3. The smallest absolute Gasteiger partial charge is 0.326 e. The highest BCUT2D eigenvalue weighted by Crippen LogP contribution is 2.22. The van der Waals surface area contributed by atoms with Crippen molar-refractivity contribution in [1.82, 2.24) is 5.32 Å². The summed E-state index contributed by atoms with van der Waals surface area (Å²) in [6, 6.07) is 10.2. The average molecular weight is 403 g/mol. The quantitative estimate of drug-likeness (QED) is 0.723. The molecule has 0 fully saturated rings. The van der Waals surface area contributed by atoms with Gasteiger partial charge >= 0.3 is 5.97 Å². The second kappa shape index (κ2) is 9.37. The number of ether oxygens (including phenoxy) is 1. The normalized spacial score (nSPS) is 11.5. The molecule has 0 radical (unpaired) electrons. The third kappa shape index (κ3) is 5.82. The molecule has 2 rings (SSSR count). The van der Waals surface area contributed by atoms with Gasteiger partial charge in [0.05, 0.1) is 0 Å². The summed E-state index contributed by atoms with van der Waals surface area (Å²) in [5.41, 5.74) is 4.03. The van der Waals surface area contributed by atoms with Crippen LogP contribution in [0.15, 0.2) is 36.4 Å². The Morgan fingerprint density at radius 1 is 1.04 bits per heavy atom. The Bertz CT molecular complexity index is 871. The highest BCUT2D eigenvalue weighted by atomic mass is 35.5. The molecule has 0 aromatic heterocycles. The summed E-state index contributed by atoms with van der Waals surface area (Å²) in [7, 11) is 0. The number of halogens is 1. The lowest BCUT2D eigenvalue weighted by molar-refractivity contribution is -0.152. The zero-order valence-corrected chi connectivity index (χ0v) is 17.0. The summed E-state index contributed by atoms with van der Waals surface area (Å²) < 4.78 is 5.11. The van der Waals surface area contributed by atoms with Gasteiger partial charge in [-0.1, -0.05) is 29.3 Å². The number of anilines is 1. The van der Waals surface area contributed by atoms with Crippen LogP contribution >= 0.6 is 11.6 Å². The third-order valence-corrected chi connectivity index (χ3v) is 4.35. The van der Waals surface area contributed by atoms with E-state index in [1.807, 2.05) is 32.9 Å². The van der Waals surface area contributed by atoms with Gasteiger partial charge in [0.2, 0.25) is 0 Å². The van der Waals surface area contributed by atoms with Crippen molar-refractivity contribution in [2.24, 2.45) is 0 Å². The molecular formula is C21H23ClN2O4. The van der Waals surface area contributed by atoms with Crippen molar-refractivity contribution in [3.63, 3.8) is 0 Å². The van der Waals surface area contributed by atoms with Gasteiger partial charge in [0.15, 0.2) is 6.10 Å². The molecule has 0 saturated heterocycles. The highest BCUT2D eigenvalue weighted by Gasteiger charge is 2.20. The summed E-state index contributed by atoms with van der Waals surface area (Å²) in [5, 5.41) is 5.75. The van der Waals surface area contributed by atoms with Gasteiger partial charge in [0.1, 0.15) is 6.54 Å². The Morgan fingerprint density at radius 2 is 1.61 bits per heavy atom. The molecule has 0 aliphatic rings. The molecule has 2 N–H and O–H groups in total. The van der Waals surface area contributed by atoms with Crippen LogP contribution in [-0.2, 0) is 14.3 Å². The minimum Gasteiger partial charge on any atom is -0.451 e. The Kier molecular flexibility index (Phi) is 7.18. The van der Waals surface area contributed by atoms with Gasteiger partial charge in [-0.2, -0.15) is 0 Å². The van der Waals surface area contributed by atoms with Crippen LogP contribution in [0.25, 0.3) is 0 Å². The van der Waals surface area contributed by atoms with E-state index in [0.29, 0.717) is 16.3 Å². The minimum atomic E-state index is -1.000. The van der Waals surface area contributed by atoms with Gasteiger partial charge in [-0.3, -0.25) is 14.4 Å². The topological polar surface area (TPSA) is 84.5 Å². The monoisotopic (exact) mass is 402 g/mol. The lowest BCUT2D eigenvalue weighted by Gasteiger charge is -2.17. The number of nitrogens with one attached hydrogen (secondary N) is 2. The second-order valence-electron chi connectivity index (χ2n) is 6.58. The van der Waals surface area contributed by atoms with Crippen molar-refractivity contribution in [3.8, 4) is 0 Å². The van der Waals surface area contributed by atoms with Crippen molar-refractivity contribution in [2.75, 3.05) is 11.9 Å². The lowest BCUT2D eigenvalue weighted by atomic mass is 10.0. The first-order valence-electron chi connectivity index (χ1n) is 8.79. The van der Waals surface area contributed by atoms with Gasteiger partial charge in [-0.05, 0) is 63.1 Å². The van der Waals surface area contributed by atoms with E-state index in [1.165, 1.54) is 6.92 Å². The Labute approximate surface area is 169 Å². The number of benzene rings is 2. The number of hydrogen-bond donors (Lipinski definition) is 2. The predicted octanol–water partition coefficient (Wildman–Crippen LogP) is 3.57. The van der Waals surface area contributed by atoms with Gasteiger partial charge in [-0.15, -0.1) is 0 Å². The summed E-state index contributed by atoms with van der Waals surface area (Å²) in [6.45, 7) is 6.92. The van der Waals surface area contributed by atoms with Gasteiger partial charge in [0, 0.05) is 16.3 Å². The molecule has 0 saturated carbocycles. The van der Waals surface area contributed by atoms with E-state index in [2.05, 4.69) is 10.6 Å². The highest BCUT2D eigenvalue weighted by molar-refractivity contribution is 6.30. The lowest BCUT2D eigenvalue weighted by Crippen LogP contribution is -2.36. The summed E-state index contributed by atoms with van der Waals surface area (Å²) in [6.07, 6.45) is -1.000. The number of carbonyl (C=O) groups is 3. The number of aryl methyl sites for hydroxylation is 3. The fraction of sp³-hybridized carbons (Fsp3) is 0.286. The van der Waals surface area contributed by atoms with Crippen LogP contribution in [0.4, 0.5) is 5.69 Å². The molecule has 7 heteroatoms. The first-order valence-corrected chi connectivity index (χ1v) is 9.17. The fourth-order valence-corrected chi connectivity index (χ4v) is 2.88. The fourth-order valence-electron chi connectivity index (χ4n) is 2.75. The molecule has 0 unspecified atom stereocenters. The molecule has 2 aromatic rings. The van der Waals surface area contributed by atoms with Crippen LogP contribution in [0.5, 0.6) is 0 Å². The van der Waals surface area contributed by atoms with E-state index in [-0.39, 0.29) is 6.54 Å². The van der Waals surface area contributed by atoms with Crippen LogP contribution in [0.1, 0.15) is 34.0 Å². The molecule has 6 nitrogen and oxygen atoms in total. The zero-order chi connectivity index (χ0) is 20.8. The van der Waals surface area contributed by atoms with Crippen LogP contribution in [0.3, 0.4) is 0 Å². The van der Waals surface area contributed by atoms with Crippen molar-refractivity contribution < 1.29 is 19.1 Å². The molecule has 1 atom stereocenters. The molecule has 0 aliphatic heterocycles. The molecular weight excluding hydrogens is 380 g/mol. The van der Waals surface area contributed by atoms with Crippen LogP contribution in [0, 0.1) is 20.8 Å². The molecule has 0 spiro atoms. The van der Waals surface area contributed by atoms with Crippen molar-refractivity contribution in [3.05, 3.63) is 63.7 Å². The SMILES string of the molecule is Cc1cc(C)c(NC(=O)[C@@H](C)OC(=O)CNC(=O)c2ccc(Cl)cc2)c(C)c1. The molecule has 0 heterocycles. The second-order valence-corrected chi connectivity index (χ2v) is 7.02. The molecule has 2 aromatic carbocycles. The van der Waals surface area contributed by atoms with Crippen LogP contribution in [0.2, 0.25) is 5.02 Å².